The van der Waals surface area contributed by atoms with Crippen LogP contribution in [0.15, 0.2) is 48.5 Å². The van der Waals surface area contributed by atoms with Crippen LogP contribution in [0.4, 0.5) is 0 Å². The predicted molar refractivity (Wildman–Crippen MR) is 122 cm³/mol. The number of rotatable bonds is 4. The molecule has 1 unspecified atom stereocenters. The maximum atomic E-state index is 12.9. The fourth-order valence-electron chi connectivity index (χ4n) is 6.06. The van der Waals surface area contributed by atoms with Crippen LogP contribution in [0.3, 0.4) is 0 Å². The highest BCUT2D eigenvalue weighted by Gasteiger charge is 2.43. The van der Waals surface area contributed by atoms with Crippen LogP contribution >= 0.6 is 0 Å². The maximum absolute atomic E-state index is 12.9. The van der Waals surface area contributed by atoms with Gasteiger partial charge in [-0.15, -0.1) is 0 Å². The van der Waals surface area contributed by atoms with Crippen LogP contribution in [0.1, 0.15) is 67.2 Å². The normalized spacial score (nSPS) is 24.6. The summed E-state index contributed by atoms with van der Waals surface area (Å²) < 4.78 is 0. The van der Waals surface area contributed by atoms with Crippen molar-refractivity contribution in [3.8, 4) is 0 Å². The Morgan fingerprint density at radius 1 is 0.935 bits per heavy atom. The Balaban J connectivity index is 1.25. The van der Waals surface area contributed by atoms with E-state index in [0.29, 0.717) is 30.8 Å². The molecule has 2 aromatic rings. The zero-order chi connectivity index (χ0) is 21.5. The molecule has 3 aliphatic carbocycles. The number of carbonyl (C=O) groups is 2. The summed E-state index contributed by atoms with van der Waals surface area (Å²) in [5.41, 5.74) is 5.82. The summed E-state index contributed by atoms with van der Waals surface area (Å²) in [5.74, 6) is 1.65. The lowest BCUT2D eigenvalue weighted by Crippen LogP contribution is -2.46. The molecule has 1 aliphatic heterocycles. The van der Waals surface area contributed by atoms with E-state index < -0.39 is 0 Å². The van der Waals surface area contributed by atoms with Gasteiger partial charge in [0.1, 0.15) is 0 Å². The lowest BCUT2D eigenvalue weighted by Gasteiger charge is -2.45. The van der Waals surface area contributed by atoms with Crippen molar-refractivity contribution < 1.29 is 9.59 Å². The number of fused-ring (bicyclic) bond motifs is 1. The molecule has 31 heavy (non-hydrogen) atoms. The van der Waals surface area contributed by atoms with Gasteiger partial charge in [0.2, 0.25) is 11.8 Å². The van der Waals surface area contributed by atoms with Crippen molar-refractivity contribution in [1.29, 1.82) is 0 Å². The summed E-state index contributed by atoms with van der Waals surface area (Å²) in [6, 6.07) is 17.7. The van der Waals surface area contributed by atoms with Gasteiger partial charge < -0.3 is 10.2 Å². The molecule has 0 spiro atoms. The fraction of sp³-hybridized carbons (Fsp3) is 0.481. The van der Waals surface area contributed by atoms with Gasteiger partial charge in [-0.3, -0.25) is 9.59 Å². The number of hydrogen-bond acceptors (Lipinski definition) is 2. The van der Waals surface area contributed by atoms with E-state index in [1.165, 1.54) is 22.3 Å². The number of hydrogen-bond donors (Lipinski definition) is 1. The first-order chi connectivity index (χ1) is 15.0. The Morgan fingerprint density at radius 2 is 1.48 bits per heavy atom. The Morgan fingerprint density at radius 3 is 2.03 bits per heavy atom. The molecule has 2 bridgehead atoms. The molecule has 1 atom stereocenters. The van der Waals surface area contributed by atoms with E-state index in [9.17, 15) is 9.59 Å². The Bertz CT molecular complexity index is 943. The molecule has 1 fully saturated rings. The van der Waals surface area contributed by atoms with Crippen LogP contribution in [-0.2, 0) is 9.59 Å². The second-order valence-electron chi connectivity index (χ2n) is 9.78. The average molecular weight is 417 g/mol. The highest BCUT2D eigenvalue weighted by atomic mass is 16.2. The summed E-state index contributed by atoms with van der Waals surface area (Å²) in [6.07, 6.45) is 2.64. The van der Waals surface area contributed by atoms with Gasteiger partial charge in [-0.2, -0.15) is 0 Å². The molecule has 6 rings (SSSR count). The Labute approximate surface area is 185 Å². The summed E-state index contributed by atoms with van der Waals surface area (Å²) in [4.78, 5) is 27.1. The number of piperidine rings is 1. The number of nitrogens with one attached hydrogen (secondary N) is 1. The minimum atomic E-state index is 0.0246. The maximum Gasteiger partial charge on any atom is 0.225 e. The van der Waals surface area contributed by atoms with Gasteiger partial charge in [0.15, 0.2) is 0 Å². The molecule has 1 heterocycles. The van der Waals surface area contributed by atoms with Gasteiger partial charge in [-0.05, 0) is 47.4 Å². The van der Waals surface area contributed by atoms with Crippen molar-refractivity contribution in [2.24, 2.45) is 17.8 Å². The second-order valence-corrected chi connectivity index (χ2v) is 9.78. The third kappa shape index (κ3) is 3.56. The van der Waals surface area contributed by atoms with Crippen LogP contribution in [-0.4, -0.2) is 36.3 Å². The topological polar surface area (TPSA) is 49.4 Å². The van der Waals surface area contributed by atoms with Gasteiger partial charge in [0.05, 0.1) is 0 Å². The molecule has 2 aromatic carbocycles. The summed E-state index contributed by atoms with van der Waals surface area (Å²) in [6.45, 7) is 6.01. The van der Waals surface area contributed by atoms with Crippen LogP contribution in [0, 0.1) is 17.8 Å². The van der Waals surface area contributed by atoms with Crippen LogP contribution in [0.5, 0.6) is 0 Å². The SMILES string of the molecule is CC(C)C(=O)N1CCC(C(=O)NCC2CC3c4ccccc4C2c2ccccc23)CC1. The van der Waals surface area contributed by atoms with E-state index in [2.05, 4.69) is 53.8 Å². The molecule has 0 saturated carbocycles. The zero-order valence-electron chi connectivity index (χ0n) is 18.5. The smallest absolute Gasteiger partial charge is 0.225 e. The van der Waals surface area contributed by atoms with Gasteiger partial charge in [-0.25, -0.2) is 0 Å². The van der Waals surface area contributed by atoms with Crippen LogP contribution < -0.4 is 5.32 Å². The number of benzene rings is 2. The second kappa shape index (κ2) is 8.14. The molecule has 1 saturated heterocycles. The first-order valence-electron chi connectivity index (χ1n) is 11.8. The molecular weight excluding hydrogens is 384 g/mol. The number of amides is 2. The number of likely N-dealkylation sites (tertiary alicyclic amines) is 1. The number of nitrogens with zero attached hydrogens (tertiary/aromatic N) is 1. The van der Waals surface area contributed by atoms with Gasteiger partial charge in [-0.1, -0.05) is 62.4 Å². The zero-order valence-corrected chi connectivity index (χ0v) is 18.5. The third-order valence-corrected chi connectivity index (χ3v) is 7.63. The van der Waals surface area contributed by atoms with Gasteiger partial charge >= 0.3 is 0 Å². The fourth-order valence-corrected chi connectivity index (χ4v) is 6.06. The quantitative estimate of drug-likeness (QED) is 0.808. The van der Waals surface area contributed by atoms with Crippen LogP contribution in [0.2, 0.25) is 0 Å². The minimum Gasteiger partial charge on any atom is -0.356 e. The van der Waals surface area contributed by atoms with E-state index >= 15 is 0 Å². The molecule has 0 radical (unpaired) electrons. The highest BCUT2D eigenvalue weighted by molar-refractivity contribution is 5.80. The van der Waals surface area contributed by atoms with E-state index in [4.69, 9.17) is 0 Å². The largest absolute Gasteiger partial charge is 0.356 e. The molecule has 4 aliphatic rings. The monoisotopic (exact) mass is 416 g/mol. The van der Waals surface area contributed by atoms with E-state index in [0.717, 1.165) is 25.8 Å². The van der Waals surface area contributed by atoms with Crippen molar-refractivity contribution in [3.05, 3.63) is 70.8 Å². The summed E-state index contributed by atoms with van der Waals surface area (Å²) >= 11 is 0. The molecule has 4 heteroatoms. The first kappa shape index (κ1) is 20.3. The first-order valence-corrected chi connectivity index (χ1v) is 11.8. The summed E-state index contributed by atoms with van der Waals surface area (Å²) in [5, 5.41) is 3.29. The van der Waals surface area contributed by atoms with E-state index in [1.54, 1.807) is 0 Å². The highest BCUT2D eigenvalue weighted by Crippen LogP contribution is 2.55. The lowest BCUT2D eigenvalue weighted by molar-refractivity contribution is -0.138. The molecule has 0 aromatic heterocycles. The molecule has 162 valence electrons. The Kier molecular flexibility index (Phi) is 5.33. The standard InChI is InChI=1S/C27H32N2O2/c1-17(2)27(31)29-13-11-18(12-14-29)26(30)28-16-19-15-24-20-7-3-5-9-22(20)25(19)23-10-6-4-8-21(23)24/h3-10,17-19,24-25H,11-16H2,1-2H3,(H,28,30). The lowest BCUT2D eigenvalue weighted by atomic mass is 9.59. The van der Waals surface area contributed by atoms with Gasteiger partial charge in [0, 0.05) is 43.3 Å². The molecule has 2 amide bonds. The number of carbonyl (C=O) groups excluding carboxylic acids is 2. The Hall–Kier alpha value is -2.62. The average Bonchev–Trinajstić information content (AvgIpc) is 2.82. The minimum absolute atomic E-state index is 0.0246. The molecule has 4 nitrogen and oxygen atoms in total. The van der Waals surface area contributed by atoms with E-state index in [1.807, 2.05) is 18.7 Å². The van der Waals surface area contributed by atoms with Gasteiger partial charge in [0.25, 0.3) is 0 Å². The van der Waals surface area contributed by atoms with Crippen molar-refractivity contribution in [2.45, 2.75) is 44.9 Å². The molecule has 1 N–H and O–H groups in total. The van der Waals surface area contributed by atoms with Crippen LogP contribution in [0.25, 0.3) is 0 Å². The molecular formula is C27H32N2O2. The predicted octanol–water partition coefficient (Wildman–Crippen LogP) is 4.29. The van der Waals surface area contributed by atoms with Crippen molar-refractivity contribution in [2.75, 3.05) is 19.6 Å². The van der Waals surface area contributed by atoms with Crippen molar-refractivity contribution >= 4 is 11.8 Å². The van der Waals surface area contributed by atoms with E-state index in [-0.39, 0.29) is 23.7 Å². The van der Waals surface area contributed by atoms with Crippen molar-refractivity contribution in [1.82, 2.24) is 10.2 Å². The summed E-state index contributed by atoms with van der Waals surface area (Å²) in [7, 11) is 0. The third-order valence-electron chi connectivity index (χ3n) is 7.63. The van der Waals surface area contributed by atoms with Crippen molar-refractivity contribution in [3.63, 3.8) is 0 Å².